The maximum Gasteiger partial charge on any atom is 0.305 e. The summed E-state index contributed by atoms with van der Waals surface area (Å²) in [5.74, 6) is -2.06. The lowest BCUT2D eigenvalue weighted by molar-refractivity contribution is -0.137. The van der Waals surface area contributed by atoms with Crippen LogP contribution in [0.1, 0.15) is 80.6 Å². The van der Waals surface area contributed by atoms with Gasteiger partial charge in [0.1, 0.15) is 5.75 Å². The summed E-state index contributed by atoms with van der Waals surface area (Å²) >= 11 is 0. The Kier molecular flexibility index (Phi) is 12.7. The van der Waals surface area contributed by atoms with E-state index in [9.17, 15) is 29.7 Å². The van der Waals surface area contributed by atoms with E-state index in [-0.39, 0.29) is 29.7 Å². The summed E-state index contributed by atoms with van der Waals surface area (Å²) in [7, 11) is 0. The maximum atomic E-state index is 13.1. The molecule has 11 nitrogen and oxygen atoms in total. The standard InChI is InChI=1S/C35H45N5O6/c1-6-8-9-10-11-22(7-2)23-12-24(14-26(13-23)35(3,4)5)30(18-32(44)45)40-31(43)21-36-33(46)25-15-27(17-28(41)16-25)39-34-37-19-29(42)20-38-34/h7-17,29-30,41-42H,6,18-21H2,1-5H3,(H,36,46)(H,40,43)(H,44,45)(H2,37,38,39)/b9-8+,11-10-,22-7+. The summed E-state index contributed by atoms with van der Waals surface area (Å²) in [5.41, 5.74) is 3.68. The number of aromatic hydroxyl groups is 1. The SMILES string of the molecule is C\C=C(/C=C\C=C\CC)c1cc(C(CC(=O)O)NC(=O)CNC(=O)c2cc(O)cc(NC3=NCC(O)CN3)c2)cc(C(C)(C)C)c1. The van der Waals surface area contributed by atoms with Gasteiger partial charge in [0.15, 0.2) is 5.96 Å². The molecule has 0 saturated heterocycles. The van der Waals surface area contributed by atoms with Crippen molar-refractivity contribution < 1.29 is 29.7 Å². The number of carbonyl (C=O) groups is 3. The summed E-state index contributed by atoms with van der Waals surface area (Å²) in [5, 5.41) is 40.7. The van der Waals surface area contributed by atoms with Crippen LogP contribution in [0, 0.1) is 0 Å². The summed E-state index contributed by atoms with van der Waals surface area (Å²) in [6.07, 6.45) is 9.92. The third kappa shape index (κ3) is 10.9. The quantitative estimate of drug-likeness (QED) is 0.169. The van der Waals surface area contributed by atoms with Crippen molar-refractivity contribution in [2.24, 2.45) is 4.99 Å². The highest BCUT2D eigenvalue weighted by Gasteiger charge is 2.23. The number of hydrogen-bond donors (Lipinski definition) is 7. The predicted octanol–water partition coefficient (Wildman–Crippen LogP) is 4.41. The van der Waals surface area contributed by atoms with E-state index in [4.69, 9.17) is 0 Å². The van der Waals surface area contributed by atoms with Crippen LogP contribution in [0.2, 0.25) is 0 Å². The van der Waals surface area contributed by atoms with Crippen LogP contribution < -0.4 is 21.3 Å². The van der Waals surface area contributed by atoms with E-state index < -0.39 is 36.5 Å². The zero-order valence-corrected chi connectivity index (χ0v) is 27.1. The van der Waals surface area contributed by atoms with Gasteiger partial charge in [-0.25, -0.2) is 0 Å². The summed E-state index contributed by atoms with van der Waals surface area (Å²) in [6.45, 7) is 10.3. The Bertz CT molecular complexity index is 1540. The lowest BCUT2D eigenvalue weighted by Crippen LogP contribution is -2.42. The number of anilines is 1. The van der Waals surface area contributed by atoms with E-state index in [1.165, 1.54) is 18.2 Å². The van der Waals surface area contributed by atoms with E-state index in [2.05, 4.69) is 60.0 Å². The number of β-amino-alcohol motifs (C(OH)–C–C–N with tert-alkyl or cyclic N) is 1. The first-order valence-electron chi connectivity index (χ1n) is 15.3. The molecule has 2 atom stereocenters. The van der Waals surface area contributed by atoms with Crippen molar-refractivity contribution in [3.05, 3.63) is 89.0 Å². The number of carbonyl (C=O) groups excluding carboxylic acids is 2. The van der Waals surface area contributed by atoms with Gasteiger partial charge in [0, 0.05) is 23.9 Å². The summed E-state index contributed by atoms with van der Waals surface area (Å²) < 4.78 is 0. The van der Waals surface area contributed by atoms with E-state index >= 15 is 0 Å². The number of nitrogens with one attached hydrogen (secondary N) is 4. The van der Waals surface area contributed by atoms with E-state index in [0.717, 1.165) is 23.1 Å². The first kappa shape index (κ1) is 35.6. The number of guanidine groups is 1. The van der Waals surface area contributed by atoms with Crippen molar-refractivity contribution in [3.8, 4) is 5.75 Å². The van der Waals surface area contributed by atoms with Crippen molar-refractivity contribution in [3.63, 3.8) is 0 Å². The van der Waals surface area contributed by atoms with E-state index in [1.807, 2.05) is 49.4 Å². The molecular formula is C35H45N5O6. The second kappa shape index (κ2) is 16.4. The average molecular weight is 632 g/mol. The van der Waals surface area contributed by atoms with Gasteiger partial charge in [-0.05, 0) is 59.2 Å². The molecule has 7 N–H and O–H groups in total. The number of benzene rings is 2. The normalized spacial score (nSPS) is 16.1. The average Bonchev–Trinajstić information content (AvgIpc) is 2.99. The molecule has 2 amide bonds. The van der Waals surface area contributed by atoms with Crippen molar-refractivity contribution in [2.45, 2.75) is 65.0 Å². The summed E-state index contributed by atoms with van der Waals surface area (Å²) in [4.78, 5) is 42.1. The van der Waals surface area contributed by atoms with Gasteiger partial charge in [-0.15, -0.1) is 0 Å². The third-order valence-corrected chi connectivity index (χ3v) is 7.16. The number of phenols is 1. The third-order valence-electron chi connectivity index (χ3n) is 7.16. The molecule has 0 saturated carbocycles. The largest absolute Gasteiger partial charge is 0.508 e. The van der Waals surface area contributed by atoms with Crippen LogP contribution in [-0.4, -0.2) is 64.8 Å². The van der Waals surface area contributed by atoms with E-state index in [1.54, 1.807) is 0 Å². The van der Waals surface area contributed by atoms with Gasteiger partial charge in [-0.1, -0.05) is 70.2 Å². The Morgan fingerprint density at radius 1 is 1.09 bits per heavy atom. The van der Waals surface area contributed by atoms with Crippen LogP contribution >= 0.6 is 0 Å². The van der Waals surface area contributed by atoms with Crippen molar-refractivity contribution in [2.75, 3.05) is 25.0 Å². The van der Waals surface area contributed by atoms with Crippen molar-refractivity contribution >= 4 is 35.0 Å². The van der Waals surface area contributed by atoms with Crippen LogP contribution in [-0.2, 0) is 15.0 Å². The molecule has 3 rings (SSSR count). The smallest absolute Gasteiger partial charge is 0.305 e. The fourth-order valence-electron chi connectivity index (χ4n) is 4.69. The molecule has 0 bridgehead atoms. The minimum absolute atomic E-state index is 0.0945. The van der Waals surface area contributed by atoms with Gasteiger partial charge < -0.3 is 36.6 Å². The van der Waals surface area contributed by atoms with Gasteiger partial charge in [-0.2, -0.15) is 0 Å². The van der Waals surface area contributed by atoms with Crippen LogP contribution in [0.3, 0.4) is 0 Å². The molecule has 2 aromatic rings. The fraction of sp³-hybridized carbons (Fsp3) is 0.371. The second-order valence-corrected chi connectivity index (χ2v) is 12.1. The Balaban J connectivity index is 1.79. The maximum absolute atomic E-state index is 13.1. The Labute approximate surface area is 270 Å². The number of aliphatic carboxylic acids is 1. The zero-order chi connectivity index (χ0) is 33.9. The van der Waals surface area contributed by atoms with Gasteiger partial charge >= 0.3 is 5.97 Å². The molecule has 2 unspecified atom stereocenters. The molecular weight excluding hydrogens is 586 g/mol. The molecule has 2 aromatic carbocycles. The van der Waals surface area contributed by atoms with Gasteiger partial charge in [-0.3, -0.25) is 19.4 Å². The van der Waals surface area contributed by atoms with Gasteiger partial charge in [0.2, 0.25) is 5.91 Å². The number of phenolic OH excluding ortho intramolecular Hbond substituents is 1. The molecule has 0 fully saturated rings. The Morgan fingerprint density at radius 3 is 2.48 bits per heavy atom. The Hall–Kier alpha value is -4.90. The lowest BCUT2D eigenvalue weighted by Gasteiger charge is -2.25. The number of allylic oxidation sites excluding steroid dienone is 6. The monoisotopic (exact) mass is 631 g/mol. The number of hydrogen-bond acceptors (Lipinski definition) is 8. The van der Waals surface area contributed by atoms with Crippen LogP contribution in [0.25, 0.3) is 5.57 Å². The van der Waals surface area contributed by atoms with Crippen LogP contribution in [0.5, 0.6) is 5.75 Å². The number of aliphatic hydroxyl groups is 1. The van der Waals surface area contributed by atoms with Crippen LogP contribution in [0.15, 0.2) is 71.8 Å². The molecule has 1 heterocycles. The molecule has 0 radical (unpaired) electrons. The van der Waals surface area contributed by atoms with Gasteiger partial charge in [0.05, 0.1) is 31.7 Å². The number of amides is 2. The number of carboxylic acids is 1. The molecule has 0 spiro atoms. The number of rotatable bonds is 12. The molecule has 11 heteroatoms. The van der Waals surface area contributed by atoms with Crippen LogP contribution in [0.4, 0.5) is 5.69 Å². The predicted molar refractivity (Wildman–Crippen MR) is 181 cm³/mol. The number of nitrogens with zero attached hydrogens (tertiary/aromatic N) is 1. The topological polar surface area (TPSA) is 172 Å². The molecule has 46 heavy (non-hydrogen) atoms. The van der Waals surface area contributed by atoms with Crippen molar-refractivity contribution in [1.29, 1.82) is 0 Å². The van der Waals surface area contributed by atoms with Crippen molar-refractivity contribution in [1.82, 2.24) is 16.0 Å². The molecule has 1 aliphatic rings. The van der Waals surface area contributed by atoms with Gasteiger partial charge in [0.25, 0.3) is 5.91 Å². The highest BCUT2D eigenvalue weighted by atomic mass is 16.4. The minimum Gasteiger partial charge on any atom is -0.508 e. The first-order valence-corrected chi connectivity index (χ1v) is 15.3. The molecule has 0 aliphatic carbocycles. The second-order valence-electron chi connectivity index (χ2n) is 12.1. The highest BCUT2D eigenvalue weighted by Crippen LogP contribution is 2.31. The fourth-order valence-corrected chi connectivity index (χ4v) is 4.69. The molecule has 0 aromatic heterocycles. The molecule has 246 valence electrons. The zero-order valence-electron chi connectivity index (χ0n) is 27.1. The number of aliphatic imine (C=N–C) groups is 1. The Morgan fingerprint density at radius 2 is 1.85 bits per heavy atom. The number of aliphatic hydroxyl groups excluding tert-OH is 1. The highest BCUT2D eigenvalue weighted by molar-refractivity contribution is 6.00. The number of carboxylic acid groups (broad SMARTS) is 1. The molecule has 1 aliphatic heterocycles. The first-order chi connectivity index (χ1) is 21.8. The minimum atomic E-state index is -1.08. The lowest BCUT2D eigenvalue weighted by atomic mass is 9.82. The summed E-state index contributed by atoms with van der Waals surface area (Å²) in [6, 6.07) is 9.17. The van der Waals surface area contributed by atoms with E-state index in [0.29, 0.717) is 23.8 Å².